The topological polar surface area (TPSA) is 59.7 Å². The first-order valence-electron chi connectivity index (χ1n) is 6.25. The van der Waals surface area contributed by atoms with E-state index in [4.69, 9.17) is 0 Å². The molecule has 0 radical (unpaired) electrons. The molecule has 96 valence electrons. The van der Waals surface area contributed by atoms with E-state index in [-0.39, 0.29) is 6.04 Å². The molecule has 0 amide bonds. The van der Waals surface area contributed by atoms with Crippen molar-refractivity contribution >= 4 is 11.5 Å². The predicted molar refractivity (Wildman–Crippen MR) is 70.7 cm³/mol. The quantitative estimate of drug-likeness (QED) is 0.843. The van der Waals surface area contributed by atoms with Gasteiger partial charge >= 0.3 is 0 Å². The van der Waals surface area contributed by atoms with E-state index in [1.807, 2.05) is 35.7 Å². The van der Waals surface area contributed by atoms with Gasteiger partial charge in [-0.15, -0.1) is 0 Å². The molecule has 1 atom stereocenters. The molecule has 1 aliphatic rings. The lowest BCUT2D eigenvalue weighted by Crippen LogP contribution is -2.26. The highest BCUT2D eigenvalue weighted by atomic mass is 15.4. The molecule has 6 heteroatoms. The Morgan fingerprint density at radius 3 is 3.00 bits per heavy atom. The highest BCUT2D eigenvalue weighted by Gasteiger charge is 2.24. The third-order valence-corrected chi connectivity index (χ3v) is 3.35. The summed E-state index contributed by atoms with van der Waals surface area (Å²) in [5, 5.41) is 15.7. The smallest absolute Gasteiger partial charge is 0.148 e. The van der Waals surface area contributed by atoms with Crippen LogP contribution in [0.5, 0.6) is 0 Å². The van der Waals surface area contributed by atoms with Crippen molar-refractivity contribution in [2.45, 2.75) is 26.4 Å². The van der Waals surface area contributed by atoms with Gasteiger partial charge in [0, 0.05) is 31.9 Å². The van der Waals surface area contributed by atoms with Gasteiger partial charge in [0.1, 0.15) is 11.5 Å². The molecular formula is C12H18N6. The Morgan fingerprint density at radius 1 is 1.50 bits per heavy atom. The van der Waals surface area contributed by atoms with E-state index in [0.29, 0.717) is 0 Å². The van der Waals surface area contributed by atoms with E-state index in [9.17, 15) is 0 Å². The molecule has 3 heterocycles. The van der Waals surface area contributed by atoms with Crippen molar-refractivity contribution < 1.29 is 0 Å². The van der Waals surface area contributed by atoms with Crippen LogP contribution >= 0.6 is 0 Å². The Kier molecular flexibility index (Phi) is 2.50. The second kappa shape index (κ2) is 4.04. The van der Waals surface area contributed by atoms with Gasteiger partial charge in [-0.2, -0.15) is 10.2 Å². The number of aryl methyl sites for hydroxylation is 3. The van der Waals surface area contributed by atoms with Crippen LogP contribution in [0.1, 0.15) is 24.2 Å². The van der Waals surface area contributed by atoms with Crippen LogP contribution in [-0.4, -0.2) is 26.1 Å². The fraction of sp³-hybridized carbons (Fsp3) is 0.500. The molecule has 2 N–H and O–H groups in total. The normalized spacial score (nSPS) is 18.1. The summed E-state index contributed by atoms with van der Waals surface area (Å²) in [5.74, 6) is 1.08. The SMILES string of the molecule is CCn1nc(C)c2c1NC(c1cnn(C)c1)CN2. The standard InChI is InChI=1S/C12H18N6/c1-4-18-12-11(8(2)16-18)13-6-10(15-12)9-5-14-17(3)7-9/h5,7,10,13,15H,4,6H2,1-3H3. The molecule has 3 rings (SSSR count). The third kappa shape index (κ3) is 1.64. The van der Waals surface area contributed by atoms with Gasteiger partial charge < -0.3 is 10.6 Å². The second-order valence-electron chi connectivity index (χ2n) is 4.65. The zero-order valence-electron chi connectivity index (χ0n) is 10.9. The molecule has 6 nitrogen and oxygen atoms in total. The van der Waals surface area contributed by atoms with Gasteiger partial charge in [0.2, 0.25) is 0 Å². The predicted octanol–water partition coefficient (Wildman–Crippen LogP) is 1.52. The highest BCUT2D eigenvalue weighted by molar-refractivity contribution is 5.70. The summed E-state index contributed by atoms with van der Waals surface area (Å²) in [4.78, 5) is 0. The van der Waals surface area contributed by atoms with E-state index in [2.05, 4.69) is 27.8 Å². The lowest BCUT2D eigenvalue weighted by atomic mass is 10.1. The van der Waals surface area contributed by atoms with Crippen molar-refractivity contribution in [3.63, 3.8) is 0 Å². The molecule has 1 aliphatic heterocycles. The summed E-state index contributed by atoms with van der Waals surface area (Å²) >= 11 is 0. The van der Waals surface area contributed by atoms with Crippen LogP contribution in [0.15, 0.2) is 12.4 Å². The molecule has 0 aliphatic carbocycles. The summed E-state index contributed by atoms with van der Waals surface area (Å²) in [6, 6.07) is 0.243. The highest BCUT2D eigenvalue weighted by Crippen LogP contribution is 2.33. The first-order valence-corrected chi connectivity index (χ1v) is 6.25. The fourth-order valence-corrected chi connectivity index (χ4v) is 2.41. The van der Waals surface area contributed by atoms with E-state index in [0.717, 1.165) is 30.3 Å². The zero-order chi connectivity index (χ0) is 12.7. The molecule has 0 aromatic carbocycles. The number of nitrogens with zero attached hydrogens (tertiary/aromatic N) is 4. The number of aromatic nitrogens is 4. The van der Waals surface area contributed by atoms with Crippen molar-refractivity contribution in [3.8, 4) is 0 Å². The first kappa shape index (κ1) is 11.1. The van der Waals surface area contributed by atoms with Crippen LogP contribution in [0.3, 0.4) is 0 Å². The zero-order valence-corrected chi connectivity index (χ0v) is 10.9. The lowest BCUT2D eigenvalue weighted by molar-refractivity contribution is 0.647. The van der Waals surface area contributed by atoms with Crippen LogP contribution in [0, 0.1) is 6.92 Å². The van der Waals surface area contributed by atoms with Gasteiger partial charge in [-0.3, -0.25) is 4.68 Å². The summed E-state index contributed by atoms with van der Waals surface area (Å²) in [5.41, 5.74) is 3.36. The van der Waals surface area contributed by atoms with Crippen molar-refractivity contribution in [2.24, 2.45) is 7.05 Å². The minimum Gasteiger partial charge on any atom is -0.378 e. The van der Waals surface area contributed by atoms with E-state index < -0.39 is 0 Å². The number of hydrogen-bond donors (Lipinski definition) is 2. The van der Waals surface area contributed by atoms with Crippen LogP contribution in [0.4, 0.5) is 11.5 Å². The fourth-order valence-electron chi connectivity index (χ4n) is 2.41. The summed E-state index contributed by atoms with van der Waals surface area (Å²) in [6.45, 7) is 5.85. The molecule has 2 aromatic rings. The van der Waals surface area contributed by atoms with Gasteiger partial charge in [0.15, 0.2) is 0 Å². The maximum Gasteiger partial charge on any atom is 0.148 e. The molecule has 0 bridgehead atoms. The van der Waals surface area contributed by atoms with Gasteiger partial charge in [0.25, 0.3) is 0 Å². The second-order valence-corrected chi connectivity index (χ2v) is 4.65. The number of hydrogen-bond acceptors (Lipinski definition) is 4. The summed E-state index contributed by atoms with van der Waals surface area (Å²) in [7, 11) is 1.94. The number of nitrogens with one attached hydrogen (secondary N) is 2. The first-order chi connectivity index (χ1) is 8.69. The molecule has 0 saturated heterocycles. The Bertz CT molecular complexity index is 567. The van der Waals surface area contributed by atoms with Gasteiger partial charge in [-0.05, 0) is 13.8 Å². The van der Waals surface area contributed by atoms with Crippen molar-refractivity contribution in [2.75, 3.05) is 17.2 Å². The average molecular weight is 246 g/mol. The third-order valence-electron chi connectivity index (χ3n) is 3.35. The molecule has 0 fully saturated rings. The van der Waals surface area contributed by atoms with E-state index >= 15 is 0 Å². The summed E-state index contributed by atoms with van der Waals surface area (Å²) < 4.78 is 3.83. The van der Waals surface area contributed by atoms with E-state index in [1.54, 1.807) is 0 Å². The Hall–Kier alpha value is -1.98. The molecular weight excluding hydrogens is 228 g/mol. The minimum absolute atomic E-state index is 0.243. The van der Waals surface area contributed by atoms with Gasteiger partial charge in [0.05, 0.1) is 17.9 Å². The Morgan fingerprint density at radius 2 is 2.33 bits per heavy atom. The van der Waals surface area contributed by atoms with Crippen LogP contribution in [-0.2, 0) is 13.6 Å². The molecule has 18 heavy (non-hydrogen) atoms. The molecule has 0 saturated carbocycles. The largest absolute Gasteiger partial charge is 0.378 e. The molecule has 0 spiro atoms. The Labute approximate surface area is 106 Å². The van der Waals surface area contributed by atoms with Crippen LogP contribution < -0.4 is 10.6 Å². The maximum atomic E-state index is 4.51. The Balaban J connectivity index is 1.92. The maximum absolute atomic E-state index is 4.51. The molecule has 2 aromatic heterocycles. The van der Waals surface area contributed by atoms with Crippen molar-refractivity contribution in [1.29, 1.82) is 0 Å². The van der Waals surface area contributed by atoms with E-state index in [1.165, 1.54) is 5.56 Å². The van der Waals surface area contributed by atoms with Crippen molar-refractivity contribution in [3.05, 3.63) is 23.7 Å². The molecule has 1 unspecified atom stereocenters. The number of anilines is 2. The van der Waals surface area contributed by atoms with Crippen LogP contribution in [0.2, 0.25) is 0 Å². The lowest BCUT2D eigenvalue weighted by Gasteiger charge is -2.26. The van der Waals surface area contributed by atoms with Crippen molar-refractivity contribution in [1.82, 2.24) is 19.6 Å². The monoisotopic (exact) mass is 246 g/mol. The van der Waals surface area contributed by atoms with Gasteiger partial charge in [-0.25, -0.2) is 4.68 Å². The van der Waals surface area contributed by atoms with Crippen LogP contribution in [0.25, 0.3) is 0 Å². The summed E-state index contributed by atoms with van der Waals surface area (Å²) in [6.07, 6.45) is 3.95. The average Bonchev–Trinajstić information content (AvgIpc) is 2.93. The minimum atomic E-state index is 0.243. The number of fused-ring (bicyclic) bond motifs is 1. The number of rotatable bonds is 2. The van der Waals surface area contributed by atoms with Gasteiger partial charge in [-0.1, -0.05) is 0 Å².